The molecule has 1 aliphatic rings. The number of rotatable bonds is 3. The summed E-state index contributed by atoms with van der Waals surface area (Å²) in [7, 11) is -3.88. The summed E-state index contributed by atoms with van der Waals surface area (Å²) >= 11 is 3.11. The minimum absolute atomic E-state index is 0.0889. The van der Waals surface area contributed by atoms with Gasteiger partial charge in [0.1, 0.15) is 6.17 Å². The molecule has 20 heavy (non-hydrogen) atoms. The van der Waals surface area contributed by atoms with Crippen LogP contribution >= 0.6 is 15.9 Å². The second-order valence-electron chi connectivity index (χ2n) is 4.63. The van der Waals surface area contributed by atoms with Gasteiger partial charge in [0.25, 0.3) is 0 Å². The van der Waals surface area contributed by atoms with E-state index < -0.39 is 22.2 Å². The fraction of sp³-hybridized carbons (Fsp3) is 0.417. The average Bonchev–Trinajstić information content (AvgIpc) is 2.78. The first-order valence-corrected chi connectivity index (χ1v) is 8.14. The van der Waals surface area contributed by atoms with Crippen molar-refractivity contribution in [2.75, 3.05) is 13.1 Å². The maximum Gasteiger partial charge on any atom is 0.336 e. The van der Waals surface area contributed by atoms with Gasteiger partial charge in [0.15, 0.2) is 0 Å². The average molecular weight is 366 g/mol. The topological polar surface area (TPSA) is 74.7 Å². The minimum Gasteiger partial charge on any atom is -0.478 e. The number of carboxylic acid groups (broad SMARTS) is 1. The Hall–Kier alpha value is -0.990. The van der Waals surface area contributed by atoms with Crippen LogP contribution in [0.25, 0.3) is 0 Å². The minimum atomic E-state index is -3.88. The van der Waals surface area contributed by atoms with Crippen molar-refractivity contribution in [1.82, 2.24) is 4.31 Å². The van der Waals surface area contributed by atoms with E-state index in [1.807, 2.05) is 0 Å². The summed E-state index contributed by atoms with van der Waals surface area (Å²) < 4.78 is 39.6. The zero-order chi connectivity index (χ0) is 15.1. The predicted octanol–water partition coefficient (Wildman–Crippen LogP) is 2.19. The molecule has 1 aromatic rings. The molecule has 1 saturated heterocycles. The number of hydrogen-bond donors (Lipinski definition) is 1. The molecule has 1 fully saturated rings. The van der Waals surface area contributed by atoms with Gasteiger partial charge in [0, 0.05) is 17.6 Å². The number of halogens is 2. The number of hydrogen-bond acceptors (Lipinski definition) is 3. The molecule has 0 aliphatic carbocycles. The fourth-order valence-electron chi connectivity index (χ4n) is 2.19. The van der Waals surface area contributed by atoms with Crippen LogP contribution in [0.5, 0.6) is 0 Å². The molecule has 8 heteroatoms. The highest BCUT2D eigenvalue weighted by Crippen LogP contribution is 2.29. The molecule has 0 amide bonds. The maximum atomic E-state index is 13.2. The number of carboxylic acids is 1. The lowest BCUT2D eigenvalue weighted by Gasteiger charge is -2.18. The summed E-state index contributed by atoms with van der Waals surface area (Å²) in [6.45, 7) is 1.36. The number of sulfonamides is 1. The third-order valence-corrected chi connectivity index (χ3v) is 5.72. The molecule has 2 rings (SSSR count). The molecule has 0 saturated carbocycles. The molecule has 0 bridgehead atoms. The Labute approximate surface area is 124 Å². The molecule has 1 aliphatic heterocycles. The smallest absolute Gasteiger partial charge is 0.336 e. The van der Waals surface area contributed by atoms with Gasteiger partial charge in [-0.1, -0.05) is 15.9 Å². The van der Waals surface area contributed by atoms with Gasteiger partial charge < -0.3 is 5.11 Å². The third-order valence-electron chi connectivity index (χ3n) is 3.27. The fourth-order valence-corrected chi connectivity index (χ4v) is 4.55. The molecule has 0 spiro atoms. The number of aromatic carboxylic acids is 1. The standard InChI is InChI=1S/C12H13BrFNO4S/c1-7-10(12(16)17)4-8(13)5-11(7)20(18,19)15-3-2-9(14)6-15/h4-5,9H,2-3,6H2,1H3,(H,16,17)/t9-/m1/s1. The molecule has 0 unspecified atom stereocenters. The van der Waals surface area contributed by atoms with Crippen molar-refractivity contribution in [1.29, 1.82) is 0 Å². The van der Waals surface area contributed by atoms with E-state index in [4.69, 9.17) is 5.11 Å². The van der Waals surface area contributed by atoms with E-state index in [2.05, 4.69) is 15.9 Å². The Bertz CT molecular complexity index is 662. The zero-order valence-electron chi connectivity index (χ0n) is 10.6. The van der Waals surface area contributed by atoms with Gasteiger partial charge in [-0.05, 0) is 31.0 Å². The van der Waals surface area contributed by atoms with Gasteiger partial charge in [0.2, 0.25) is 10.0 Å². The van der Waals surface area contributed by atoms with Crippen molar-refractivity contribution in [3.8, 4) is 0 Å². The lowest BCUT2D eigenvalue weighted by molar-refractivity contribution is 0.0695. The van der Waals surface area contributed by atoms with E-state index in [0.29, 0.717) is 4.47 Å². The molecular formula is C12H13BrFNO4S. The summed E-state index contributed by atoms with van der Waals surface area (Å²) in [5.41, 5.74) is 0.0666. The first-order chi connectivity index (χ1) is 9.23. The highest BCUT2D eigenvalue weighted by molar-refractivity contribution is 9.10. The second kappa shape index (κ2) is 5.42. The summed E-state index contributed by atoms with van der Waals surface area (Å²) in [4.78, 5) is 11.0. The van der Waals surface area contributed by atoms with Crippen LogP contribution in [0.1, 0.15) is 22.3 Å². The van der Waals surface area contributed by atoms with Crippen molar-refractivity contribution < 1.29 is 22.7 Å². The monoisotopic (exact) mass is 365 g/mol. The molecule has 0 aromatic heterocycles. The molecule has 1 heterocycles. The van der Waals surface area contributed by atoms with E-state index in [0.717, 1.165) is 4.31 Å². The van der Waals surface area contributed by atoms with Gasteiger partial charge in [-0.3, -0.25) is 0 Å². The first kappa shape index (κ1) is 15.4. The van der Waals surface area contributed by atoms with Gasteiger partial charge in [0.05, 0.1) is 10.5 Å². The quantitative estimate of drug-likeness (QED) is 0.890. The van der Waals surface area contributed by atoms with Crippen molar-refractivity contribution in [3.63, 3.8) is 0 Å². The van der Waals surface area contributed by atoms with Crippen LogP contribution in [-0.4, -0.2) is 43.1 Å². The van der Waals surface area contributed by atoms with Crippen LogP contribution in [0.3, 0.4) is 0 Å². The van der Waals surface area contributed by atoms with Crippen LogP contribution < -0.4 is 0 Å². The lowest BCUT2D eigenvalue weighted by Crippen LogP contribution is -2.30. The Balaban J connectivity index is 2.55. The third kappa shape index (κ3) is 2.72. The van der Waals surface area contributed by atoms with Crippen LogP contribution in [0.4, 0.5) is 4.39 Å². The van der Waals surface area contributed by atoms with Gasteiger partial charge in [-0.15, -0.1) is 0 Å². The first-order valence-electron chi connectivity index (χ1n) is 5.91. The van der Waals surface area contributed by atoms with Gasteiger partial charge in [-0.25, -0.2) is 17.6 Å². The normalized spacial score (nSPS) is 20.2. The molecule has 110 valence electrons. The van der Waals surface area contributed by atoms with Crippen LogP contribution in [0.2, 0.25) is 0 Å². The SMILES string of the molecule is Cc1c(C(=O)O)cc(Br)cc1S(=O)(=O)N1CC[C@@H](F)C1. The van der Waals surface area contributed by atoms with Crippen molar-refractivity contribution in [2.24, 2.45) is 0 Å². The summed E-state index contributed by atoms with van der Waals surface area (Å²) in [5, 5.41) is 9.10. The van der Waals surface area contributed by atoms with E-state index in [1.54, 1.807) is 0 Å². The Morgan fingerprint density at radius 2 is 2.15 bits per heavy atom. The predicted molar refractivity (Wildman–Crippen MR) is 74.1 cm³/mol. The van der Waals surface area contributed by atoms with E-state index in [-0.39, 0.29) is 35.5 Å². The Kier molecular flexibility index (Phi) is 4.17. The van der Waals surface area contributed by atoms with Crippen molar-refractivity contribution in [2.45, 2.75) is 24.4 Å². The molecule has 1 N–H and O–H groups in total. The summed E-state index contributed by atoms with van der Waals surface area (Å²) in [6.07, 6.45) is -1.01. The number of carbonyl (C=O) groups is 1. The zero-order valence-corrected chi connectivity index (χ0v) is 13.0. The van der Waals surface area contributed by atoms with Gasteiger partial charge in [-0.2, -0.15) is 4.31 Å². The summed E-state index contributed by atoms with van der Waals surface area (Å²) in [5.74, 6) is -1.20. The number of alkyl halides is 1. The highest BCUT2D eigenvalue weighted by Gasteiger charge is 2.34. The summed E-state index contributed by atoms with van der Waals surface area (Å²) in [6, 6.07) is 2.70. The molecule has 1 atom stereocenters. The molecular weight excluding hydrogens is 353 g/mol. The lowest BCUT2D eigenvalue weighted by atomic mass is 10.1. The van der Waals surface area contributed by atoms with Crippen LogP contribution in [0, 0.1) is 6.92 Å². The van der Waals surface area contributed by atoms with E-state index in [1.165, 1.54) is 19.1 Å². The number of nitrogens with zero attached hydrogens (tertiary/aromatic N) is 1. The van der Waals surface area contributed by atoms with E-state index >= 15 is 0 Å². The highest BCUT2D eigenvalue weighted by atomic mass is 79.9. The van der Waals surface area contributed by atoms with Crippen molar-refractivity contribution in [3.05, 3.63) is 27.7 Å². The van der Waals surface area contributed by atoms with Gasteiger partial charge >= 0.3 is 5.97 Å². The number of benzene rings is 1. The Morgan fingerprint density at radius 1 is 1.50 bits per heavy atom. The van der Waals surface area contributed by atoms with Crippen LogP contribution in [0.15, 0.2) is 21.5 Å². The second-order valence-corrected chi connectivity index (χ2v) is 7.45. The Morgan fingerprint density at radius 3 is 2.65 bits per heavy atom. The molecule has 0 radical (unpaired) electrons. The van der Waals surface area contributed by atoms with E-state index in [9.17, 15) is 17.6 Å². The molecule has 1 aromatic carbocycles. The largest absolute Gasteiger partial charge is 0.478 e. The maximum absolute atomic E-state index is 13.2. The van der Waals surface area contributed by atoms with Crippen molar-refractivity contribution >= 4 is 31.9 Å². The van der Waals surface area contributed by atoms with Crippen LogP contribution in [-0.2, 0) is 10.0 Å². The molecule has 5 nitrogen and oxygen atoms in total.